The average Bonchev–Trinajstić information content (AvgIpc) is 2.90. The first-order valence-electron chi connectivity index (χ1n) is 12.7. The number of piperazine rings is 1. The first-order chi connectivity index (χ1) is 17.9. The number of amides is 2. The SMILES string of the molecule is CC(C)CC(=O)N1CCN(c2ccc(NC(=S)NC(=O)C(c3ccccc3)c3ccccc3)cc2)CC1. The van der Waals surface area contributed by atoms with E-state index in [1.54, 1.807) is 0 Å². The van der Waals surface area contributed by atoms with E-state index in [4.69, 9.17) is 12.2 Å². The van der Waals surface area contributed by atoms with Gasteiger partial charge in [0.2, 0.25) is 11.8 Å². The van der Waals surface area contributed by atoms with Gasteiger partial charge in [-0.1, -0.05) is 74.5 Å². The molecule has 0 radical (unpaired) electrons. The predicted octanol–water partition coefficient (Wildman–Crippen LogP) is 5.03. The Morgan fingerprint density at radius 2 is 1.35 bits per heavy atom. The van der Waals surface area contributed by atoms with Crippen LogP contribution in [0.3, 0.4) is 0 Å². The van der Waals surface area contributed by atoms with Gasteiger partial charge in [0, 0.05) is 44.0 Å². The lowest BCUT2D eigenvalue weighted by molar-refractivity contribution is -0.132. The Labute approximate surface area is 224 Å². The number of carbonyl (C=O) groups excluding carboxylic acids is 2. The van der Waals surface area contributed by atoms with Crippen LogP contribution >= 0.6 is 12.2 Å². The summed E-state index contributed by atoms with van der Waals surface area (Å²) < 4.78 is 0. The van der Waals surface area contributed by atoms with E-state index in [-0.39, 0.29) is 16.9 Å². The maximum absolute atomic E-state index is 13.3. The fourth-order valence-electron chi connectivity index (χ4n) is 4.58. The second-order valence-corrected chi connectivity index (χ2v) is 10.1. The minimum Gasteiger partial charge on any atom is -0.368 e. The zero-order chi connectivity index (χ0) is 26.2. The highest BCUT2D eigenvalue weighted by Gasteiger charge is 2.24. The summed E-state index contributed by atoms with van der Waals surface area (Å²) >= 11 is 5.47. The quantitative estimate of drug-likeness (QED) is 0.433. The van der Waals surface area contributed by atoms with Crippen molar-refractivity contribution in [3.8, 4) is 0 Å². The number of benzene rings is 3. The van der Waals surface area contributed by atoms with Crippen LogP contribution in [0.25, 0.3) is 0 Å². The fourth-order valence-corrected chi connectivity index (χ4v) is 4.80. The number of hydrogen-bond acceptors (Lipinski definition) is 4. The largest absolute Gasteiger partial charge is 0.368 e. The number of thiocarbonyl (C=S) groups is 1. The van der Waals surface area contributed by atoms with Gasteiger partial charge in [0.05, 0.1) is 5.92 Å². The first kappa shape index (κ1) is 26.4. The van der Waals surface area contributed by atoms with Gasteiger partial charge in [-0.05, 0) is 53.5 Å². The summed E-state index contributed by atoms with van der Waals surface area (Å²) in [5.74, 6) is -0.0254. The summed E-state index contributed by atoms with van der Waals surface area (Å²) in [5, 5.41) is 6.25. The number of nitrogens with one attached hydrogen (secondary N) is 2. The van der Waals surface area contributed by atoms with E-state index in [2.05, 4.69) is 29.4 Å². The number of nitrogens with zero attached hydrogens (tertiary/aromatic N) is 2. The summed E-state index contributed by atoms with van der Waals surface area (Å²) in [6.07, 6.45) is 0.605. The van der Waals surface area contributed by atoms with Crippen LogP contribution in [0.4, 0.5) is 11.4 Å². The number of hydrogen-bond donors (Lipinski definition) is 2. The molecule has 7 heteroatoms. The summed E-state index contributed by atoms with van der Waals surface area (Å²) in [4.78, 5) is 29.9. The molecule has 0 atom stereocenters. The topological polar surface area (TPSA) is 64.7 Å². The standard InChI is InChI=1S/C30H34N4O2S/c1-22(2)21-27(35)34-19-17-33(18-20-34)26-15-13-25(14-16-26)31-30(37)32-29(36)28(23-9-5-3-6-10-23)24-11-7-4-8-12-24/h3-16,22,28H,17-21H2,1-2H3,(H2,31,32,36,37). The molecular weight excluding hydrogens is 480 g/mol. The average molecular weight is 515 g/mol. The Kier molecular flexibility index (Phi) is 8.90. The molecule has 192 valence electrons. The van der Waals surface area contributed by atoms with Gasteiger partial charge in [0.25, 0.3) is 0 Å². The molecule has 1 heterocycles. The normalized spacial score (nSPS) is 13.5. The van der Waals surface area contributed by atoms with Crippen LogP contribution in [-0.2, 0) is 9.59 Å². The summed E-state index contributed by atoms with van der Waals surface area (Å²) in [5.41, 5.74) is 3.72. The zero-order valence-corrected chi connectivity index (χ0v) is 22.2. The molecule has 0 spiro atoms. The van der Waals surface area contributed by atoms with Gasteiger partial charge >= 0.3 is 0 Å². The summed E-state index contributed by atoms with van der Waals surface area (Å²) in [6, 6.07) is 27.4. The lowest BCUT2D eigenvalue weighted by Gasteiger charge is -2.36. The van der Waals surface area contributed by atoms with Crippen molar-refractivity contribution in [1.82, 2.24) is 10.2 Å². The van der Waals surface area contributed by atoms with Gasteiger partial charge in [-0.15, -0.1) is 0 Å². The van der Waals surface area contributed by atoms with Crippen molar-refractivity contribution in [2.45, 2.75) is 26.2 Å². The molecule has 0 aliphatic carbocycles. The van der Waals surface area contributed by atoms with Crippen LogP contribution in [0.2, 0.25) is 0 Å². The van der Waals surface area contributed by atoms with Gasteiger partial charge in [-0.3, -0.25) is 9.59 Å². The minimum absolute atomic E-state index is 0.184. The molecule has 0 saturated carbocycles. The Hall–Kier alpha value is -3.71. The first-order valence-corrected chi connectivity index (χ1v) is 13.2. The summed E-state index contributed by atoms with van der Waals surface area (Å²) in [6.45, 7) is 7.26. The number of anilines is 2. The third kappa shape index (κ3) is 7.17. The molecule has 1 fully saturated rings. The monoisotopic (exact) mass is 514 g/mol. The Bertz CT molecular complexity index is 1150. The number of rotatable bonds is 7. The maximum atomic E-state index is 13.3. The van der Waals surface area contributed by atoms with E-state index in [0.29, 0.717) is 12.3 Å². The molecule has 4 rings (SSSR count). The van der Waals surface area contributed by atoms with Crippen molar-refractivity contribution in [2.24, 2.45) is 5.92 Å². The molecule has 3 aromatic rings. The van der Waals surface area contributed by atoms with Crippen LogP contribution in [0, 0.1) is 5.92 Å². The summed E-state index contributed by atoms with van der Waals surface area (Å²) in [7, 11) is 0. The molecule has 1 aliphatic heterocycles. The van der Waals surface area contributed by atoms with Crippen LogP contribution in [0.15, 0.2) is 84.9 Å². The van der Waals surface area contributed by atoms with Crippen LogP contribution < -0.4 is 15.5 Å². The van der Waals surface area contributed by atoms with Crippen LogP contribution in [0.1, 0.15) is 37.3 Å². The van der Waals surface area contributed by atoms with Crippen molar-refractivity contribution in [2.75, 3.05) is 36.4 Å². The highest BCUT2D eigenvalue weighted by molar-refractivity contribution is 7.80. The van der Waals surface area contributed by atoms with Crippen molar-refractivity contribution >= 4 is 40.5 Å². The fraction of sp³-hybridized carbons (Fsp3) is 0.300. The second kappa shape index (κ2) is 12.5. The van der Waals surface area contributed by atoms with E-state index in [9.17, 15) is 9.59 Å². The van der Waals surface area contributed by atoms with Gasteiger partial charge in [0.15, 0.2) is 5.11 Å². The number of carbonyl (C=O) groups is 2. The predicted molar refractivity (Wildman–Crippen MR) is 154 cm³/mol. The molecule has 2 N–H and O–H groups in total. The van der Waals surface area contributed by atoms with E-state index >= 15 is 0 Å². The molecule has 0 aromatic heterocycles. The maximum Gasteiger partial charge on any atom is 0.238 e. The van der Waals surface area contributed by atoms with Gasteiger partial charge < -0.3 is 20.4 Å². The molecule has 37 heavy (non-hydrogen) atoms. The molecule has 1 saturated heterocycles. The van der Waals surface area contributed by atoms with Crippen molar-refractivity contribution < 1.29 is 9.59 Å². The van der Waals surface area contributed by atoms with Gasteiger partial charge in [-0.25, -0.2) is 0 Å². The minimum atomic E-state index is -0.462. The van der Waals surface area contributed by atoms with Crippen LogP contribution in [0.5, 0.6) is 0 Å². The lowest BCUT2D eigenvalue weighted by Crippen LogP contribution is -2.49. The third-order valence-corrected chi connectivity index (χ3v) is 6.67. The van der Waals surface area contributed by atoms with E-state index in [1.807, 2.05) is 89.8 Å². The lowest BCUT2D eigenvalue weighted by atomic mass is 9.90. The molecule has 3 aromatic carbocycles. The molecule has 2 amide bonds. The Morgan fingerprint density at radius 3 is 1.86 bits per heavy atom. The zero-order valence-electron chi connectivity index (χ0n) is 21.4. The molecule has 0 unspecified atom stereocenters. The highest BCUT2D eigenvalue weighted by atomic mass is 32.1. The van der Waals surface area contributed by atoms with Crippen molar-refractivity contribution in [3.63, 3.8) is 0 Å². The van der Waals surface area contributed by atoms with Crippen molar-refractivity contribution in [3.05, 3.63) is 96.1 Å². The Morgan fingerprint density at radius 1 is 0.811 bits per heavy atom. The van der Waals surface area contributed by atoms with Gasteiger partial charge in [0.1, 0.15) is 0 Å². The Balaban J connectivity index is 1.33. The second-order valence-electron chi connectivity index (χ2n) is 9.71. The highest BCUT2D eigenvalue weighted by Crippen LogP contribution is 2.25. The molecule has 0 bridgehead atoms. The molecule has 6 nitrogen and oxygen atoms in total. The van der Waals surface area contributed by atoms with Crippen molar-refractivity contribution in [1.29, 1.82) is 0 Å². The smallest absolute Gasteiger partial charge is 0.238 e. The van der Waals surface area contributed by atoms with Gasteiger partial charge in [-0.2, -0.15) is 0 Å². The molecular formula is C30H34N4O2S. The van der Waals surface area contributed by atoms with Crippen LogP contribution in [-0.4, -0.2) is 48.0 Å². The third-order valence-electron chi connectivity index (χ3n) is 6.47. The van der Waals surface area contributed by atoms with E-state index < -0.39 is 5.92 Å². The molecule has 1 aliphatic rings. The van der Waals surface area contributed by atoms with E-state index in [1.165, 1.54) is 0 Å². The van der Waals surface area contributed by atoms with E-state index in [0.717, 1.165) is 48.7 Å².